The molecule has 0 spiro atoms. The highest BCUT2D eigenvalue weighted by atomic mass is 32.2. The van der Waals surface area contributed by atoms with E-state index in [9.17, 15) is 4.21 Å². The fourth-order valence-electron chi connectivity index (χ4n) is 1.33. The molecular weight excluding hydrogens is 200 g/mol. The second-order valence-corrected chi connectivity index (χ2v) is 4.52. The molecule has 0 amide bonds. The van der Waals surface area contributed by atoms with Gasteiger partial charge in [0.25, 0.3) is 0 Å². The van der Waals surface area contributed by atoms with Crippen LogP contribution in [0, 0.1) is 0 Å². The van der Waals surface area contributed by atoms with Crippen LogP contribution < -0.4 is 9.47 Å². The maximum absolute atomic E-state index is 11.2. The Kier molecular flexibility index (Phi) is 2.46. The third-order valence-electron chi connectivity index (χ3n) is 2.10. The first-order chi connectivity index (χ1) is 6.70. The van der Waals surface area contributed by atoms with Crippen molar-refractivity contribution in [3.8, 4) is 11.5 Å². The molecule has 1 aliphatic rings. The van der Waals surface area contributed by atoms with Crippen LogP contribution in [0.2, 0.25) is 0 Å². The molecule has 76 valence electrons. The Morgan fingerprint density at radius 2 is 2.07 bits per heavy atom. The minimum atomic E-state index is -0.970. The molecule has 0 bridgehead atoms. The zero-order valence-electron chi connectivity index (χ0n) is 8.15. The van der Waals surface area contributed by atoms with Gasteiger partial charge in [-0.25, -0.2) is 0 Å². The summed E-state index contributed by atoms with van der Waals surface area (Å²) in [6.07, 6.45) is 2.26. The van der Waals surface area contributed by atoms with E-state index < -0.39 is 10.8 Å². The molecule has 0 fully saturated rings. The van der Waals surface area contributed by atoms with Crippen molar-refractivity contribution < 1.29 is 13.7 Å². The van der Waals surface area contributed by atoms with Gasteiger partial charge in [0, 0.05) is 34.4 Å². The van der Waals surface area contributed by atoms with Gasteiger partial charge < -0.3 is 9.47 Å². The molecule has 0 N–H and O–H groups in total. The first-order valence-corrected chi connectivity index (χ1v) is 6.07. The van der Waals surface area contributed by atoms with Crippen molar-refractivity contribution in [3.63, 3.8) is 0 Å². The van der Waals surface area contributed by atoms with Crippen molar-refractivity contribution in [2.75, 3.05) is 6.26 Å². The van der Waals surface area contributed by atoms with Crippen molar-refractivity contribution in [1.29, 1.82) is 0 Å². The lowest BCUT2D eigenvalue weighted by molar-refractivity contribution is 0.0464. The summed E-state index contributed by atoms with van der Waals surface area (Å²) in [5.41, 5.74) is 0. The lowest BCUT2D eigenvalue weighted by Crippen LogP contribution is -2.15. The molecule has 1 aromatic carbocycles. The van der Waals surface area contributed by atoms with E-state index in [2.05, 4.69) is 0 Å². The van der Waals surface area contributed by atoms with E-state index in [1.54, 1.807) is 18.4 Å². The minimum absolute atomic E-state index is 0.189. The summed E-state index contributed by atoms with van der Waals surface area (Å²) in [5.74, 6) is 1.44. The van der Waals surface area contributed by atoms with Gasteiger partial charge in [0.1, 0.15) is 0 Å². The van der Waals surface area contributed by atoms with Crippen LogP contribution in [-0.4, -0.2) is 16.8 Å². The van der Waals surface area contributed by atoms with Gasteiger partial charge >= 0.3 is 0 Å². The van der Waals surface area contributed by atoms with Crippen molar-refractivity contribution in [2.24, 2.45) is 0 Å². The normalized spacial score (nSPS) is 20.9. The van der Waals surface area contributed by atoms with E-state index in [0.717, 1.165) is 17.1 Å². The standard InChI is InChI=1S/C10H12O3S/c1-3-10-12-8-5-4-7(14(2)11)6-9(8)13-10/h4-6,10H,3H2,1-2H3. The van der Waals surface area contributed by atoms with Crippen LogP contribution in [0.4, 0.5) is 0 Å². The van der Waals surface area contributed by atoms with Gasteiger partial charge in [0.05, 0.1) is 0 Å². The van der Waals surface area contributed by atoms with Crippen molar-refractivity contribution in [1.82, 2.24) is 0 Å². The second-order valence-electron chi connectivity index (χ2n) is 3.14. The number of hydrogen-bond donors (Lipinski definition) is 0. The zero-order valence-corrected chi connectivity index (χ0v) is 8.97. The average Bonchev–Trinajstić information content (AvgIpc) is 2.58. The Bertz CT molecular complexity index is 376. The number of benzene rings is 1. The summed E-state index contributed by atoms with van der Waals surface area (Å²) in [6.45, 7) is 2.00. The summed E-state index contributed by atoms with van der Waals surface area (Å²) in [7, 11) is -0.970. The van der Waals surface area contributed by atoms with Crippen LogP contribution in [0.3, 0.4) is 0 Å². The Morgan fingerprint density at radius 1 is 1.36 bits per heavy atom. The predicted octanol–water partition coefficient (Wildman–Crippen LogP) is 1.93. The van der Waals surface area contributed by atoms with Crippen molar-refractivity contribution in [2.45, 2.75) is 24.5 Å². The first-order valence-electron chi connectivity index (χ1n) is 4.51. The maximum atomic E-state index is 11.2. The molecule has 0 aliphatic carbocycles. The lowest BCUT2D eigenvalue weighted by atomic mass is 10.3. The van der Waals surface area contributed by atoms with Gasteiger partial charge in [0.2, 0.25) is 6.29 Å². The van der Waals surface area contributed by atoms with Crippen LogP contribution in [0.5, 0.6) is 11.5 Å². The second kappa shape index (κ2) is 3.61. The Labute approximate surface area is 85.5 Å². The highest BCUT2D eigenvalue weighted by molar-refractivity contribution is 7.84. The predicted molar refractivity (Wildman–Crippen MR) is 54.1 cm³/mol. The highest BCUT2D eigenvalue weighted by Crippen LogP contribution is 2.36. The number of rotatable bonds is 2. The lowest BCUT2D eigenvalue weighted by Gasteiger charge is -2.04. The average molecular weight is 212 g/mol. The van der Waals surface area contributed by atoms with E-state index in [-0.39, 0.29) is 6.29 Å². The van der Waals surface area contributed by atoms with Crippen LogP contribution in [-0.2, 0) is 10.8 Å². The zero-order chi connectivity index (χ0) is 10.1. The summed E-state index contributed by atoms with van der Waals surface area (Å²) in [5, 5.41) is 0. The molecule has 0 radical (unpaired) electrons. The fourth-order valence-corrected chi connectivity index (χ4v) is 1.86. The van der Waals surface area contributed by atoms with E-state index >= 15 is 0 Å². The molecule has 1 heterocycles. The van der Waals surface area contributed by atoms with E-state index in [0.29, 0.717) is 5.75 Å². The number of hydrogen-bond acceptors (Lipinski definition) is 3. The molecule has 0 saturated heterocycles. The van der Waals surface area contributed by atoms with Crippen LogP contribution in [0.25, 0.3) is 0 Å². The monoisotopic (exact) mass is 212 g/mol. The quantitative estimate of drug-likeness (QED) is 0.751. The van der Waals surface area contributed by atoms with Gasteiger partial charge in [-0.2, -0.15) is 0 Å². The molecule has 0 aromatic heterocycles. The number of fused-ring (bicyclic) bond motifs is 1. The smallest absolute Gasteiger partial charge is 0.241 e. The summed E-state index contributed by atoms with van der Waals surface area (Å²) in [4.78, 5) is 0.768. The van der Waals surface area contributed by atoms with E-state index in [1.807, 2.05) is 13.0 Å². The molecule has 4 heteroatoms. The van der Waals surface area contributed by atoms with Crippen molar-refractivity contribution in [3.05, 3.63) is 18.2 Å². The molecular formula is C10H12O3S. The van der Waals surface area contributed by atoms with Gasteiger partial charge in [0.15, 0.2) is 11.5 Å². The molecule has 2 atom stereocenters. The maximum Gasteiger partial charge on any atom is 0.241 e. The molecule has 3 nitrogen and oxygen atoms in total. The number of ether oxygens (including phenoxy) is 2. The third kappa shape index (κ3) is 1.62. The largest absolute Gasteiger partial charge is 0.451 e. The molecule has 14 heavy (non-hydrogen) atoms. The van der Waals surface area contributed by atoms with E-state index in [4.69, 9.17) is 9.47 Å². The highest BCUT2D eigenvalue weighted by Gasteiger charge is 2.22. The summed E-state index contributed by atoms with van der Waals surface area (Å²) < 4.78 is 22.2. The Balaban J connectivity index is 2.31. The molecule has 1 aromatic rings. The van der Waals surface area contributed by atoms with Gasteiger partial charge in [-0.1, -0.05) is 6.92 Å². The van der Waals surface area contributed by atoms with Crippen molar-refractivity contribution >= 4 is 10.8 Å². The van der Waals surface area contributed by atoms with Crippen LogP contribution in [0.1, 0.15) is 13.3 Å². The topological polar surface area (TPSA) is 35.5 Å². The summed E-state index contributed by atoms with van der Waals surface area (Å²) in [6, 6.07) is 5.39. The summed E-state index contributed by atoms with van der Waals surface area (Å²) >= 11 is 0. The molecule has 1 aliphatic heterocycles. The Hall–Kier alpha value is -1.03. The minimum Gasteiger partial charge on any atom is -0.451 e. The SMILES string of the molecule is CCC1Oc2ccc(S(C)=O)cc2O1. The fraction of sp³-hybridized carbons (Fsp3) is 0.400. The molecule has 2 unspecified atom stereocenters. The first kappa shape index (κ1) is 9.52. The third-order valence-corrected chi connectivity index (χ3v) is 3.02. The molecule has 0 saturated carbocycles. The van der Waals surface area contributed by atoms with Gasteiger partial charge in [-0.05, 0) is 12.1 Å². The van der Waals surface area contributed by atoms with Gasteiger partial charge in [-0.3, -0.25) is 4.21 Å². The van der Waals surface area contributed by atoms with Gasteiger partial charge in [-0.15, -0.1) is 0 Å². The van der Waals surface area contributed by atoms with Crippen LogP contribution >= 0.6 is 0 Å². The Morgan fingerprint density at radius 3 is 2.71 bits per heavy atom. The van der Waals surface area contributed by atoms with Crippen LogP contribution in [0.15, 0.2) is 23.1 Å². The van der Waals surface area contributed by atoms with E-state index in [1.165, 1.54) is 0 Å². The molecule has 2 rings (SSSR count).